The average molecular weight is 428 g/mol. The molecular formula is C18H19Cl2N3O3S. The maximum absolute atomic E-state index is 12.7. The number of anilines is 1. The van der Waals surface area contributed by atoms with Gasteiger partial charge in [-0.3, -0.25) is 9.52 Å². The molecule has 2 aromatic rings. The Balaban J connectivity index is 1.68. The van der Waals surface area contributed by atoms with Crippen LogP contribution in [0.15, 0.2) is 36.4 Å². The molecular weight excluding hydrogens is 409 g/mol. The number of halogens is 2. The standard InChI is InChI=1S/C18H19Cl2N3O3S/c1-27(25,26)22-15-5-3-12-9-23(10-13(12)6-15)18(24)17(21)7-11-2-4-14(19)8-16(11)20/h2-6,8,17,22H,7,9-10,21H2,1H3. The van der Waals surface area contributed by atoms with Crippen LogP contribution in [-0.2, 0) is 34.3 Å². The lowest BCUT2D eigenvalue weighted by atomic mass is 10.1. The fourth-order valence-corrected chi connectivity index (χ4v) is 4.11. The molecule has 1 heterocycles. The molecule has 3 N–H and O–H groups in total. The fourth-order valence-electron chi connectivity index (χ4n) is 3.07. The highest BCUT2D eigenvalue weighted by Gasteiger charge is 2.28. The molecule has 1 amide bonds. The van der Waals surface area contributed by atoms with Crippen LogP contribution >= 0.6 is 23.2 Å². The van der Waals surface area contributed by atoms with E-state index in [4.69, 9.17) is 28.9 Å². The van der Waals surface area contributed by atoms with E-state index in [1.54, 1.807) is 35.2 Å². The van der Waals surface area contributed by atoms with Crippen LogP contribution in [0.2, 0.25) is 10.0 Å². The monoisotopic (exact) mass is 427 g/mol. The van der Waals surface area contributed by atoms with Gasteiger partial charge in [-0.05, 0) is 47.4 Å². The molecule has 1 aliphatic heterocycles. The third-order valence-electron chi connectivity index (χ3n) is 4.32. The lowest BCUT2D eigenvalue weighted by molar-refractivity contribution is -0.133. The van der Waals surface area contributed by atoms with Crippen molar-refractivity contribution < 1.29 is 13.2 Å². The first-order valence-electron chi connectivity index (χ1n) is 8.20. The molecule has 0 saturated carbocycles. The largest absolute Gasteiger partial charge is 0.333 e. The Morgan fingerprint density at radius 1 is 1.19 bits per heavy atom. The first kappa shape index (κ1) is 19.9. The predicted octanol–water partition coefficient (Wildman–Crippen LogP) is 2.78. The molecule has 0 saturated heterocycles. The average Bonchev–Trinajstić information content (AvgIpc) is 2.98. The molecule has 0 radical (unpaired) electrons. The van der Waals surface area contributed by atoms with Crippen molar-refractivity contribution in [3.8, 4) is 0 Å². The van der Waals surface area contributed by atoms with Gasteiger partial charge in [-0.1, -0.05) is 35.3 Å². The Morgan fingerprint density at radius 2 is 1.89 bits per heavy atom. The molecule has 1 aliphatic rings. The van der Waals surface area contributed by atoms with Crippen LogP contribution in [0.3, 0.4) is 0 Å². The minimum absolute atomic E-state index is 0.185. The van der Waals surface area contributed by atoms with Gasteiger partial charge in [0.25, 0.3) is 0 Å². The third-order valence-corrected chi connectivity index (χ3v) is 5.51. The van der Waals surface area contributed by atoms with Crippen molar-refractivity contribution in [2.24, 2.45) is 5.73 Å². The smallest absolute Gasteiger partial charge is 0.240 e. The molecule has 6 nitrogen and oxygen atoms in total. The zero-order valence-electron chi connectivity index (χ0n) is 14.6. The minimum atomic E-state index is -3.35. The molecule has 0 aliphatic carbocycles. The summed E-state index contributed by atoms with van der Waals surface area (Å²) in [6.45, 7) is 0.824. The summed E-state index contributed by atoms with van der Waals surface area (Å²) < 4.78 is 25.2. The lowest BCUT2D eigenvalue weighted by Crippen LogP contribution is -2.42. The lowest BCUT2D eigenvalue weighted by Gasteiger charge is -2.20. The number of hydrogen-bond donors (Lipinski definition) is 2. The van der Waals surface area contributed by atoms with E-state index in [0.717, 1.165) is 22.9 Å². The molecule has 2 aromatic carbocycles. The van der Waals surface area contributed by atoms with Crippen molar-refractivity contribution in [3.05, 3.63) is 63.1 Å². The fraction of sp³-hybridized carbons (Fsp3) is 0.278. The molecule has 0 aromatic heterocycles. The minimum Gasteiger partial charge on any atom is -0.333 e. The molecule has 144 valence electrons. The van der Waals surface area contributed by atoms with Gasteiger partial charge in [0, 0.05) is 28.8 Å². The quantitative estimate of drug-likeness (QED) is 0.766. The number of carbonyl (C=O) groups is 1. The highest BCUT2D eigenvalue weighted by molar-refractivity contribution is 7.92. The normalized spacial score (nSPS) is 14.7. The van der Waals surface area contributed by atoms with E-state index in [1.807, 2.05) is 6.07 Å². The topological polar surface area (TPSA) is 92.5 Å². The van der Waals surface area contributed by atoms with Crippen LogP contribution in [0, 0.1) is 0 Å². The van der Waals surface area contributed by atoms with Gasteiger partial charge >= 0.3 is 0 Å². The third kappa shape index (κ3) is 4.93. The summed E-state index contributed by atoms with van der Waals surface area (Å²) in [4.78, 5) is 14.4. The SMILES string of the molecule is CS(=O)(=O)Nc1ccc2c(c1)CN(C(=O)C(N)Cc1ccc(Cl)cc1Cl)C2. The van der Waals surface area contributed by atoms with Crippen LogP contribution in [0.25, 0.3) is 0 Å². The van der Waals surface area contributed by atoms with Crippen molar-refractivity contribution in [2.75, 3.05) is 11.0 Å². The van der Waals surface area contributed by atoms with Crippen LogP contribution < -0.4 is 10.5 Å². The van der Waals surface area contributed by atoms with Crippen molar-refractivity contribution in [3.63, 3.8) is 0 Å². The summed E-state index contributed by atoms with van der Waals surface area (Å²) in [6, 6.07) is 9.61. The Hall–Kier alpha value is -1.80. The first-order chi connectivity index (χ1) is 12.6. The number of carbonyl (C=O) groups excluding carboxylic acids is 1. The highest BCUT2D eigenvalue weighted by Crippen LogP contribution is 2.27. The van der Waals surface area contributed by atoms with E-state index in [2.05, 4.69) is 4.72 Å². The van der Waals surface area contributed by atoms with E-state index in [1.165, 1.54) is 0 Å². The van der Waals surface area contributed by atoms with Crippen molar-refractivity contribution in [2.45, 2.75) is 25.6 Å². The summed E-state index contributed by atoms with van der Waals surface area (Å²) in [6.07, 6.45) is 1.40. The Kier molecular flexibility index (Phi) is 5.67. The molecule has 27 heavy (non-hydrogen) atoms. The number of sulfonamides is 1. The van der Waals surface area contributed by atoms with Crippen molar-refractivity contribution >= 4 is 44.8 Å². The number of fused-ring (bicyclic) bond motifs is 1. The molecule has 0 bridgehead atoms. The number of amides is 1. The molecule has 9 heteroatoms. The number of nitrogens with two attached hydrogens (primary N) is 1. The molecule has 3 rings (SSSR count). The predicted molar refractivity (Wildman–Crippen MR) is 107 cm³/mol. The first-order valence-corrected chi connectivity index (χ1v) is 10.8. The molecule has 0 spiro atoms. The zero-order chi connectivity index (χ0) is 19.8. The molecule has 0 fully saturated rings. The van der Waals surface area contributed by atoms with Gasteiger partial charge in [0.15, 0.2) is 0 Å². The second kappa shape index (κ2) is 7.67. The molecule has 1 atom stereocenters. The zero-order valence-corrected chi connectivity index (χ0v) is 16.9. The van der Waals surface area contributed by atoms with Crippen molar-refractivity contribution in [1.29, 1.82) is 0 Å². The van der Waals surface area contributed by atoms with Gasteiger partial charge in [0.2, 0.25) is 15.9 Å². The summed E-state index contributed by atoms with van der Waals surface area (Å²) in [5.41, 5.74) is 9.22. The van der Waals surface area contributed by atoms with E-state index in [9.17, 15) is 13.2 Å². The van der Waals surface area contributed by atoms with Crippen molar-refractivity contribution in [1.82, 2.24) is 4.90 Å². The number of hydrogen-bond acceptors (Lipinski definition) is 4. The Morgan fingerprint density at radius 3 is 2.56 bits per heavy atom. The van der Waals surface area contributed by atoms with Gasteiger partial charge in [-0.25, -0.2) is 8.42 Å². The Bertz CT molecular complexity index is 995. The van der Waals surface area contributed by atoms with Gasteiger partial charge in [0.1, 0.15) is 0 Å². The summed E-state index contributed by atoms with van der Waals surface area (Å²) in [5.74, 6) is -0.185. The van der Waals surface area contributed by atoms with E-state index in [0.29, 0.717) is 35.2 Å². The maximum atomic E-state index is 12.7. The van der Waals surface area contributed by atoms with E-state index < -0.39 is 16.1 Å². The van der Waals surface area contributed by atoms with Gasteiger partial charge in [-0.2, -0.15) is 0 Å². The van der Waals surface area contributed by atoms with Crippen LogP contribution in [0.4, 0.5) is 5.69 Å². The second-order valence-electron chi connectivity index (χ2n) is 6.60. The van der Waals surface area contributed by atoms with E-state index >= 15 is 0 Å². The number of rotatable bonds is 5. The van der Waals surface area contributed by atoms with Crippen LogP contribution in [0.5, 0.6) is 0 Å². The van der Waals surface area contributed by atoms with Gasteiger partial charge in [-0.15, -0.1) is 0 Å². The van der Waals surface area contributed by atoms with Gasteiger partial charge < -0.3 is 10.6 Å². The molecule has 1 unspecified atom stereocenters. The summed E-state index contributed by atoms with van der Waals surface area (Å²) >= 11 is 12.1. The number of nitrogens with zero attached hydrogens (tertiary/aromatic N) is 1. The number of nitrogens with one attached hydrogen (secondary N) is 1. The summed E-state index contributed by atoms with van der Waals surface area (Å²) in [5, 5.41) is 1.00. The maximum Gasteiger partial charge on any atom is 0.240 e. The van der Waals surface area contributed by atoms with E-state index in [-0.39, 0.29) is 5.91 Å². The Labute approximate surface area is 168 Å². The highest BCUT2D eigenvalue weighted by atomic mass is 35.5. The van der Waals surface area contributed by atoms with Crippen LogP contribution in [0.1, 0.15) is 16.7 Å². The number of benzene rings is 2. The second-order valence-corrected chi connectivity index (χ2v) is 9.19. The van der Waals surface area contributed by atoms with Gasteiger partial charge in [0.05, 0.1) is 12.3 Å². The van der Waals surface area contributed by atoms with Crippen LogP contribution in [-0.4, -0.2) is 31.5 Å². The summed E-state index contributed by atoms with van der Waals surface area (Å²) in [7, 11) is -3.35.